The summed E-state index contributed by atoms with van der Waals surface area (Å²) in [5.74, 6) is 0.235. The van der Waals surface area contributed by atoms with Gasteiger partial charge < -0.3 is 5.73 Å². The van der Waals surface area contributed by atoms with Gasteiger partial charge in [0.05, 0.1) is 0 Å². The van der Waals surface area contributed by atoms with Crippen LogP contribution in [0.1, 0.15) is 13.3 Å². The van der Waals surface area contributed by atoms with Crippen LogP contribution >= 0.6 is 0 Å². The van der Waals surface area contributed by atoms with Crippen LogP contribution in [-0.4, -0.2) is 21.5 Å². The molecule has 5 N–H and O–H groups in total. The van der Waals surface area contributed by atoms with Crippen molar-refractivity contribution in [2.24, 2.45) is 16.8 Å². The summed E-state index contributed by atoms with van der Waals surface area (Å²) in [5.41, 5.74) is 5.26. The van der Waals surface area contributed by atoms with Gasteiger partial charge in [0.1, 0.15) is 0 Å². The number of hydrogen-bond donors (Lipinski definition) is 3. The van der Waals surface area contributed by atoms with E-state index >= 15 is 0 Å². The molecule has 0 aromatic carbocycles. The van der Waals surface area contributed by atoms with Crippen molar-refractivity contribution >= 4 is 10.2 Å². The molecule has 11 heavy (non-hydrogen) atoms. The van der Waals surface area contributed by atoms with Gasteiger partial charge in [0.15, 0.2) is 0 Å². The monoisotopic (exact) mass is 181 g/mol. The molecule has 0 aromatic heterocycles. The van der Waals surface area contributed by atoms with Crippen molar-refractivity contribution in [2.45, 2.75) is 13.3 Å². The second-order valence-electron chi connectivity index (χ2n) is 2.58. The summed E-state index contributed by atoms with van der Waals surface area (Å²) in [4.78, 5) is 0. The van der Waals surface area contributed by atoms with Crippen molar-refractivity contribution in [1.29, 1.82) is 0 Å². The fraction of sp³-hybridized carbons (Fsp3) is 1.00. The van der Waals surface area contributed by atoms with Gasteiger partial charge in [-0.25, -0.2) is 9.86 Å². The Morgan fingerprint density at radius 1 is 1.55 bits per heavy atom. The Morgan fingerprint density at radius 2 is 2.09 bits per heavy atom. The highest BCUT2D eigenvalue weighted by molar-refractivity contribution is 7.87. The summed E-state index contributed by atoms with van der Waals surface area (Å²) in [7, 11) is -3.53. The highest BCUT2D eigenvalue weighted by atomic mass is 32.2. The number of nitrogens with one attached hydrogen (secondary N) is 1. The zero-order chi connectivity index (χ0) is 8.91. The average molecular weight is 181 g/mol. The lowest BCUT2D eigenvalue weighted by atomic mass is 10.1. The zero-order valence-electron chi connectivity index (χ0n) is 6.58. The Kier molecular flexibility index (Phi) is 4.58. The fourth-order valence-electron chi connectivity index (χ4n) is 0.645. The van der Waals surface area contributed by atoms with Gasteiger partial charge in [0, 0.05) is 6.54 Å². The number of rotatable bonds is 5. The van der Waals surface area contributed by atoms with Crippen molar-refractivity contribution in [2.75, 3.05) is 13.1 Å². The van der Waals surface area contributed by atoms with Crippen molar-refractivity contribution in [3.8, 4) is 0 Å². The van der Waals surface area contributed by atoms with E-state index in [0.29, 0.717) is 13.1 Å². The molecule has 0 amide bonds. The van der Waals surface area contributed by atoms with E-state index in [4.69, 9.17) is 10.9 Å². The molecular weight excluding hydrogens is 166 g/mol. The van der Waals surface area contributed by atoms with Gasteiger partial charge in [-0.2, -0.15) is 8.42 Å². The van der Waals surface area contributed by atoms with Crippen LogP contribution in [0.25, 0.3) is 0 Å². The van der Waals surface area contributed by atoms with Gasteiger partial charge >= 0.3 is 0 Å². The molecule has 0 bridgehead atoms. The van der Waals surface area contributed by atoms with E-state index in [1.807, 2.05) is 6.92 Å². The van der Waals surface area contributed by atoms with E-state index in [9.17, 15) is 8.42 Å². The highest BCUT2D eigenvalue weighted by Crippen LogP contribution is 1.96. The first-order valence-electron chi connectivity index (χ1n) is 3.43. The third-order valence-corrected chi connectivity index (χ3v) is 1.86. The molecule has 0 rings (SSSR count). The lowest BCUT2D eigenvalue weighted by molar-refractivity contribution is 0.516. The minimum absolute atomic E-state index is 0.235. The number of nitrogens with two attached hydrogens (primary N) is 2. The Morgan fingerprint density at radius 3 is 2.45 bits per heavy atom. The number of hydrogen-bond acceptors (Lipinski definition) is 3. The first kappa shape index (κ1) is 10.8. The van der Waals surface area contributed by atoms with E-state index in [2.05, 4.69) is 4.72 Å². The van der Waals surface area contributed by atoms with Crippen LogP contribution in [0, 0.1) is 5.92 Å². The van der Waals surface area contributed by atoms with E-state index < -0.39 is 10.2 Å². The summed E-state index contributed by atoms with van der Waals surface area (Å²) >= 11 is 0. The highest BCUT2D eigenvalue weighted by Gasteiger charge is 2.04. The lowest BCUT2D eigenvalue weighted by Gasteiger charge is -2.08. The Bertz CT molecular complexity index is 190. The van der Waals surface area contributed by atoms with Gasteiger partial charge in [-0.1, -0.05) is 6.92 Å². The first-order chi connectivity index (χ1) is 4.95. The molecular formula is C5H15N3O2S. The molecule has 0 fully saturated rings. The van der Waals surface area contributed by atoms with E-state index in [1.165, 1.54) is 0 Å². The molecule has 68 valence electrons. The molecule has 6 heteroatoms. The summed E-state index contributed by atoms with van der Waals surface area (Å²) in [6, 6.07) is 0. The minimum atomic E-state index is -3.53. The molecule has 0 heterocycles. The van der Waals surface area contributed by atoms with Crippen molar-refractivity contribution in [3.63, 3.8) is 0 Å². The smallest absolute Gasteiger partial charge is 0.274 e. The van der Waals surface area contributed by atoms with Crippen LogP contribution in [0.4, 0.5) is 0 Å². The van der Waals surface area contributed by atoms with Crippen molar-refractivity contribution in [3.05, 3.63) is 0 Å². The largest absolute Gasteiger partial charge is 0.330 e. The Labute approximate surface area is 67.3 Å². The molecule has 0 aromatic rings. The van der Waals surface area contributed by atoms with Gasteiger partial charge in [0.25, 0.3) is 10.2 Å². The predicted octanol–water partition coefficient (Wildman–Crippen LogP) is -1.24. The maximum absolute atomic E-state index is 10.4. The van der Waals surface area contributed by atoms with Crippen LogP contribution in [0.3, 0.4) is 0 Å². The normalized spacial score (nSPS) is 14.8. The molecule has 0 aliphatic carbocycles. The minimum Gasteiger partial charge on any atom is -0.330 e. The summed E-state index contributed by atoms with van der Waals surface area (Å²) in [6.07, 6.45) is 0.794. The maximum Gasteiger partial charge on any atom is 0.274 e. The molecule has 0 spiro atoms. The summed E-state index contributed by atoms with van der Waals surface area (Å²) in [5, 5.41) is 4.71. The van der Waals surface area contributed by atoms with E-state index in [1.54, 1.807) is 0 Å². The van der Waals surface area contributed by atoms with Crippen LogP contribution in [0.2, 0.25) is 0 Å². The Balaban J connectivity index is 3.54. The summed E-state index contributed by atoms with van der Waals surface area (Å²) in [6.45, 7) is 2.83. The molecule has 5 nitrogen and oxygen atoms in total. The SMILES string of the molecule is CC(CCN)CNS(N)(=O)=O. The van der Waals surface area contributed by atoms with E-state index in [0.717, 1.165) is 6.42 Å². The van der Waals surface area contributed by atoms with Crippen LogP contribution in [0.15, 0.2) is 0 Å². The molecule has 1 atom stereocenters. The quantitative estimate of drug-likeness (QED) is 0.495. The van der Waals surface area contributed by atoms with Gasteiger partial charge in [0.2, 0.25) is 0 Å². The third kappa shape index (κ3) is 7.73. The molecule has 0 radical (unpaired) electrons. The Hall–Kier alpha value is -0.170. The topological polar surface area (TPSA) is 98.2 Å². The van der Waals surface area contributed by atoms with E-state index in [-0.39, 0.29) is 5.92 Å². The zero-order valence-corrected chi connectivity index (χ0v) is 7.39. The fourth-order valence-corrected chi connectivity index (χ4v) is 1.16. The second-order valence-corrected chi connectivity index (χ2v) is 3.95. The standard InChI is InChI=1S/C5H15N3O2S/c1-5(2-3-6)4-8-11(7,9)10/h5,8H,2-4,6H2,1H3,(H2,7,9,10). The third-order valence-electron chi connectivity index (χ3n) is 1.29. The first-order valence-corrected chi connectivity index (χ1v) is 4.98. The molecule has 0 saturated carbocycles. The second kappa shape index (κ2) is 4.66. The molecule has 0 aliphatic rings. The van der Waals surface area contributed by atoms with Crippen LogP contribution in [-0.2, 0) is 10.2 Å². The van der Waals surface area contributed by atoms with Gasteiger partial charge in [-0.05, 0) is 18.9 Å². The lowest BCUT2D eigenvalue weighted by Crippen LogP contribution is -2.34. The molecule has 1 unspecified atom stereocenters. The van der Waals surface area contributed by atoms with Gasteiger partial charge in [-0.3, -0.25) is 0 Å². The van der Waals surface area contributed by atoms with Crippen molar-refractivity contribution < 1.29 is 8.42 Å². The maximum atomic E-state index is 10.4. The molecule has 0 saturated heterocycles. The van der Waals surface area contributed by atoms with Crippen molar-refractivity contribution in [1.82, 2.24) is 4.72 Å². The molecule has 0 aliphatic heterocycles. The van der Waals surface area contributed by atoms with Crippen LogP contribution < -0.4 is 15.6 Å². The van der Waals surface area contributed by atoms with Gasteiger partial charge in [-0.15, -0.1) is 0 Å². The van der Waals surface area contributed by atoms with Crippen LogP contribution in [0.5, 0.6) is 0 Å². The predicted molar refractivity (Wildman–Crippen MR) is 43.9 cm³/mol. The average Bonchev–Trinajstić information content (AvgIpc) is 1.83. The summed E-state index contributed by atoms with van der Waals surface area (Å²) < 4.78 is 23.0.